The van der Waals surface area contributed by atoms with Crippen LogP contribution in [0.2, 0.25) is 0 Å². The fourth-order valence-corrected chi connectivity index (χ4v) is 5.01. The minimum Gasteiger partial charge on any atom is -0.324 e. The summed E-state index contributed by atoms with van der Waals surface area (Å²) in [7, 11) is -4.09. The summed E-state index contributed by atoms with van der Waals surface area (Å²) < 4.78 is 26.6. The predicted molar refractivity (Wildman–Crippen MR) is 105 cm³/mol. The second kappa shape index (κ2) is 7.74. The van der Waals surface area contributed by atoms with Crippen LogP contribution < -0.4 is 5.32 Å². The Kier molecular flexibility index (Phi) is 5.57. The van der Waals surface area contributed by atoms with Crippen LogP contribution in [0.3, 0.4) is 0 Å². The molecule has 1 saturated heterocycles. The van der Waals surface area contributed by atoms with Gasteiger partial charge in [0.25, 0.3) is 10.0 Å². The minimum atomic E-state index is -4.09. The van der Waals surface area contributed by atoms with Crippen molar-refractivity contribution in [2.24, 2.45) is 0 Å². The molecule has 1 unspecified atom stereocenters. The third-order valence-electron chi connectivity index (χ3n) is 4.38. The minimum absolute atomic E-state index is 0.00512. The summed E-state index contributed by atoms with van der Waals surface area (Å²) in [4.78, 5) is 26.0. The Balaban J connectivity index is 1.87. The first-order chi connectivity index (χ1) is 12.8. The van der Waals surface area contributed by atoms with Crippen LogP contribution in [0, 0.1) is 6.92 Å². The summed E-state index contributed by atoms with van der Waals surface area (Å²) in [5.74, 6) is -1.07. The molecule has 6 nitrogen and oxygen atoms in total. The van der Waals surface area contributed by atoms with Gasteiger partial charge in [-0.25, -0.2) is 12.7 Å². The van der Waals surface area contributed by atoms with Gasteiger partial charge in [0.2, 0.25) is 11.8 Å². The van der Waals surface area contributed by atoms with Gasteiger partial charge in [0.05, 0.1) is 4.90 Å². The molecule has 0 spiro atoms. The van der Waals surface area contributed by atoms with Gasteiger partial charge < -0.3 is 5.32 Å². The van der Waals surface area contributed by atoms with Gasteiger partial charge in [-0.1, -0.05) is 23.8 Å². The van der Waals surface area contributed by atoms with Gasteiger partial charge in [-0.05, 0) is 49.9 Å². The Bertz CT molecular complexity index is 971. The lowest BCUT2D eigenvalue weighted by Crippen LogP contribution is -2.45. The molecule has 0 aliphatic carbocycles. The normalized spacial score (nSPS) is 17.2. The van der Waals surface area contributed by atoms with Crippen LogP contribution in [0.4, 0.5) is 5.69 Å². The molecule has 1 aliphatic rings. The summed E-state index contributed by atoms with van der Waals surface area (Å²) in [6.07, 6.45) is 2.11. The standard InChI is InChI=1S/C19H20N2O4S2/c1-13-6-8-16(9-7-13)27(24,25)21-17(10-11-18(21)22)19(23)20-14-4-3-5-15(12-14)26-2/h3-9,12,17H,10-11H2,1-2H3,(H,20,23). The van der Waals surface area contributed by atoms with Crippen LogP contribution >= 0.6 is 11.8 Å². The van der Waals surface area contributed by atoms with Crippen LogP contribution in [0.1, 0.15) is 18.4 Å². The van der Waals surface area contributed by atoms with Crippen LogP contribution in [0.5, 0.6) is 0 Å². The molecule has 8 heteroatoms. The number of thioether (sulfide) groups is 1. The maximum Gasteiger partial charge on any atom is 0.267 e. The molecule has 2 amide bonds. The highest BCUT2D eigenvalue weighted by atomic mass is 32.2. The van der Waals surface area contributed by atoms with Crippen molar-refractivity contribution in [3.05, 3.63) is 54.1 Å². The average Bonchev–Trinajstić information content (AvgIpc) is 3.05. The molecular weight excluding hydrogens is 384 g/mol. The Morgan fingerprint density at radius 2 is 1.89 bits per heavy atom. The van der Waals surface area contributed by atoms with Crippen molar-refractivity contribution < 1.29 is 18.0 Å². The second-order valence-electron chi connectivity index (χ2n) is 6.28. The Labute approximate surface area is 163 Å². The average molecular weight is 405 g/mol. The number of carbonyl (C=O) groups excluding carboxylic acids is 2. The zero-order valence-corrected chi connectivity index (χ0v) is 16.6. The van der Waals surface area contributed by atoms with E-state index in [1.165, 1.54) is 23.9 Å². The summed E-state index contributed by atoms with van der Waals surface area (Å²) in [5, 5.41) is 2.73. The molecule has 1 N–H and O–H groups in total. The highest BCUT2D eigenvalue weighted by molar-refractivity contribution is 7.98. The van der Waals surface area contributed by atoms with E-state index in [-0.39, 0.29) is 17.7 Å². The van der Waals surface area contributed by atoms with Crippen molar-refractivity contribution in [2.75, 3.05) is 11.6 Å². The van der Waals surface area contributed by atoms with E-state index in [9.17, 15) is 18.0 Å². The van der Waals surface area contributed by atoms with Crippen LogP contribution in [0.15, 0.2) is 58.3 Å². The topological polar surface area (TPSA) is 83.6 Å². The van der Waals surface area contributed by atoms with Crippen molar-refractivity contribution in [3.63, 3.8) is 0 Å². The number of anilines is 1. The van der Waals surface area contributed by atoms with E-state index in [0.29, 0.717) is 5.69 Å². The monoisotopic (exact) mass is 404 g/mol. The van der Waals surface area contributed by atoms with E-state index in [1.54, 1.807) is 24.3 Å². The Morgan fingerprint density at radius 3 is 2.56 bits per heavy atom. The Hall–Kier alpha value is -2.32. The van der Waals surface area contributed by atoms with E-state index in [2.05, 4.69) is 5.32 Å². The number of benzene rings is 2. The Morgan fingerprint density at radius 1 is 1.19 bits per heavy atom. The number of hydrogen-bond acceptors (Lipinski definition) is 5. The van der Waals surface area contributed by atoms with Crippen LogP contribution in [-0.4, -0.2) is 36.8 Å². The quantitative estimate of drug-likeness (QED) is 0.775. The van der Waals surface area contributed by atoms with Crippen molar-refractivity contribution in [1.82, 2.24) is 4.31 Å². The van der Waals surface area contributed by atoms with Gasteiger partial charge in [0.1, 0.15) is 6.04 Å². The lowest BCUT2D eigenvalue weighted by Gasteiger charge is -2.24. The van der Waals surface area contributed by atoms with Gasteiger partial charge in [-0.2, -0.15) is 0 Å². The van der Waals surface area contributed by atoms with Crippen molar-refractivity contribution in [2.45, 2.75) is 35.6 Å². The van der Waals surface area contributed by atoms with Crippen molar-refractivity contribution in [1.29, 1.82) is 0 Å². The molecule has 0 aromatic heterocycles. The molecule has 0 bridgehead atoms. The van der Waals surface area contributed by atoms with E-state index in [4.69, 9.17) is 0 Å². The largest absolute Gasteiger partial charge is 0.324 e. The highest BCUT2D eigenvalue weighted by Gasteiger charge is 2.44. The van der Waals surface area contributed by atoms with E-state index >= 15 is 0 Å². The van der Waals surface area contributed by atoms with E-state index < -0.39 is 27.9 Å². The molecule has 2 aromatic rings. The highest BCUT2D eigenvalue weighted by Crippen LogP contribution is 2.28. The first kappa shape index (κ1) is 19.4. The molecule has 142 valence electrons. The smallest absolute Gasteiger partial charge is 0.267 e. The van der Waals surface area contributed by atoms with Gasteiger partial charge in [0.15, 0.2) is 0 Å². The number of sulfonamides is 1. The van der Waals surface area contributed by atoms with Gasteiger partial charge in [0, 0.05) is 17.0 Å². The maximum absolute atomic E-state index is 12.9. The third-order valence-corrected chi connectivity index (χ3v) is 6.95. The van der Waals surface area contributed by atoms with Gasteiger partial charge in [-0.15, -0.1) is 11.8 Å². The number of amides is 2. The molecule has 1 atom stereocenters. The van der Waals surface area contributed by atoms with Crippen molar-refractivity contribution in [3.8, 4) is 0 Å². The summed E-state index contributed by atoms with van der Waals surface area (Å²) >= 11 is 1.53. The molecule has 27 heavy (non-hydrogen) atoms. The number of aryl methyl sites for hydroxylation is 1. The van der Waals surface area contributed by atoms with Crippen LogP contribution in [-0.2, 0) is 19.6 Å². The fourth-order valence-electron chi connectivity index (χ4n) is 2.95. The number of rotatable bonds is 5. The van der Waals surface area contributed by atoms with Crippen LogP contribution in [0.25, 0.3) is 0 Å². The van der Waals surface area contributed by atoms with Gasteiger partial charge >= 0.3 is 0 Å². The molecule has 1 heterocycles. The molecule has 0 radical (unpaired) electrons. The number of hydrogen-bond donors (Lipinski definition) is 1. The fraction of sp³-hybridized carbons (Fsp3) is 0.263. The lowest BCUT2D eigenvalue weighted by molar-refractivity contribution is -0.128. The summed E-state index contributed by atoms with van der Waals surface area (Å²) in [5.41, 5.74) is 1.48. The first-order valence-corrected chi connectivity index (χ1v) is 11.1. The lowest BCUT2D eigenvalue weighted by atomic mass is 10.2. The van der Waals surface area contributed by atoms with E-state index in [1.807, 2.05) is 25.3 Å². The molecule has 3 rings (SSSR count). The molecular formula is C19H20N2O4S2. The summed E-state index contributed by atoms with van der Waals surface area (Å²) in [6, 6.07) is 12.4. The summed E-state index contributed by atoms with van der Waals surface area (Å²) in [6.45, 7) is 1.84. The van der Waals surface area contributed by atoms with Gasteiger partial charge in [-0.3, -0.25) is 9.59 Å². The second-order valence-corrected chi connectivity index (χ2v) is 8.98. The van der Waals surface area contributed by atoms with E-state index in [0.717, 1.165) is 14.8 Å². The molecule has 1 aliphatic heterocycles. The molecule has 2 aromatic carbocycles. The number of nitrogens with zero attached hydrogens (tertiary/aromatic N) is 1. The third kappa shape index (κ3) is 4.01. The SMILES string of the molecule is CSc1cccc(NC(=O)C2CCC(=O)N2S(=O)(=O)c2ccc(C)cc2)c1. The zero-order chi connectivity index (χ0) is 19.6. The number of nitrogens with one attached hydrogen (secondary N) is 1. The maximum atomic E-state index is 12.9. The first-order valence-electron chi connectivity index (χ1n) is 8.42. The molecule has 0 saturated carbocycles. The number of carbonyl (C=O) groups is 2. The molecule has 1 fully saturated rings. The van der Waals surface area contributed by atoms with Crippen molar-refractivity contribution >= 4 is 39.3 Å². The zero-order valence-electron chi connectivity index (χ0n) is 15.0. The predicted octanol–water partition coefficient (Wildman–Crippen LogP) is 3.04.